The van der Waals surface area contributed by atoms with Gasteiger partial charge in [0.15, 0.2) is 0 Å². The molecule has 0 amide bonds. The van der Waals surface area contributed by atoms with Crippen molar-refractivity contribution in [2.75, 3.05) is 13.7 Å². The zero-order chi connectivity index (χ0) is 15.5. The van der Waals surface area contributed by atoms with E-state index < -0.39 is 10.0 Å². The molecule has 0 aromatic heterocycles. The van der Waals surface area contributed by atoms with Crippen molar-refractivity contribution in [3.63, 3.8) is 0 Å². The highest BCUT2D eigenvalue weighted by molar-refractivity contribution is 7.89. The highest BCUT2D eigenvalue weighted by Crippen LogP contribution is 2.43. The van der Waals surface area contributed by atoms with E-state index in [1.54, 1.807) is 12.1 Å². The van der Waals surface area contributed by atoms with Crippen LogP contribution in [0.1, 0.15) is 38.2 Å². The van der Waals surface area contributed by atoms with Gasteiger partial charge in [-0.05, 0) is 42.4 Å². The van der Waals surface area contributed by atoms with E-state index in [1.807, 2.05) is 0 Å². The minimum atomic E-state index is -3.60. The summed E-state index contributed by atoms with van der Waals surface area (Å²) in [6.45, 7) is 2.42. The molecule has 1 saturated carbocycles. The number of ether oxygens (including phenoxy) is 1. The fourth-order valence-corrected chi connectivity index (χ4v) is 4.00. The third-order valence-electron chi connectivity index (χ3n) is 4.50. The molecule has 0 spiro atoms. The van der Waals surface area contributed by atoms with E-state index in [-0.39, 0.29) is 22.7 Å². The van der Waals surface area contributed by atoms with E-state index in [2.05, 4.69) is 11.6 Å². The minimum absolute atomic E-state index is 0.116. The van der Waals surface area contributed by atoms with Crippen LogP contribution in [0.25, 0.3) is 0 Å². The molecule has 5 nitrogen and oxygen atoms in total. The van der Waals surface area contributed by atoms with Crippen molar-refractivity contribution in [1.29, 1.82) is 0 Å². The fraction of sp³-hybridized carbons (Fsp3) is 0.600. The zero-order valence-corrected chi connectivity index (χ0v) is 13.4. The fourth-order valence-electron chi connectivity index (χ4n) is 2.69. The molecular formula is C15H23NO4S. The van der Waals surface area contributed by atoms with Crippen LogP contribution in [0.2, 0.25) is 0 Å². The maximum absolute atomic E-state index is 12.5. The highest BCUT2D eigenvalue weighted by atomic mass is 32.2. The normalized spacial score (nSPS) is 17.3. The van der Waals surface area contributed by atoms with Gasteiger partial charge in [-0.15, -0.1) is 0 Å². The number of aliphatic hydroxyl groups is 1. The Hall–Kier alpha value is -1.11. The molecule has 1 fully saturated rings. The first-order valence-corrected chi connectivity index (χ1v) is 8.72. The van der Waals surface area contributed by atoms with E-state index >= 15 is 0 Å². The number of nitrogens with one attached hydrogen (secondary N) is 1. The number of hydrogen-bond donors (Lipinski definition) is 2. The predicted molar refractivity (Wildman–Crippen MR) is 80.7 cm³/mol. The summed E-state index contributed by atoms with van der Waals surface area (Å²) in [5.74, 6) is 0.258. The smallest absolute Gasteiger partial charge is 0.244 e. The van der Waals surface area contributed by atoms with E-state index in [4.69, 9.17) is 9.84 Å². The molecule has 2 rings (SSSR count). The van der Waals surface area contributed by atoms with Crippen molar-refractivity contribution in [2.24, 2.45) is 5.41 Å². The largest absolute Gasteiger partial charge is 0.495 e. The molecule has 118 valence electrons. The van der Waals surface area contributed by atoms with Gasteiger partial charge in [0, 0.05) is 6.54 Å². The first-order chi connectivity index (χ1) is 9.96. The Morgan fingerprint density at radius 2 is 2.10 bits per heavy atom. The summed E-state index contributed by atoms with van der Waals surface area (Å²) in [4.78, 5) is 0.118. The third-order valence-corrected chi connectivity index (χ3v) is 5.94. The van der Waals surface area contributed by atoms with Crippen molar-refractivity contribution in [1.82, 2.24) is 4.72 Å². The van der Waals surface area contributed by atoms with Gasteiger partial charge < -0.3 is 9.84 Å². The molecule has 1 aliphatic carbocycles. The topological polar surface area (TPSA) is 75.6 Å². The Labute approximate surface area is 126 Å². The van der Waals surface area contributed by atoms with E-state index in [0.29, 0.717) is 12.1 Å². The average molecular weight is 313 g/mol. The van der Waals surface area contributed by atoms with Crippen LogP contribution in [0.3, 0.4) is 0 Å². The van der Waals surface area contributed by atoms with Crippen molar-refractivity contribution in [2.45, 2.75) is 44.1 Å². The maximum Gasteiger partial charge on any atom is 0.244 e. The van der Waals surface area contributed by atoms with E-state index in [1.165, 1.54) is 19.6 Å². The molecule has 1 aromatic rings. The molecule has 0 radical (unpaired) electrons. The second-order valence-electron chi connectivity index (χ2n) is 5.67. The number of aliphatic hydroxyl groups excluding tert-OH is 1. The molecule has 1 aromatic carbocycles. The lowest BCUT2D eigenvalue weighted by Crippen LogP contribution is -2.41. The van der Waals surface area contributed by atoms with Gasteiger partial charge >= 0.3 is 0 Å². The summed E-state index contributed by atoms with van der Waals surface area (Å²) in [6.07, 6.45) is 4.30. The van der Waals surface area contributed by atoms with Gasteiger partial charge in [-0.25, -0.2) is 13.1 Å². The lowest BCUT2D eigenvalue weighted by molar-refractivity contribution is 0.133. The van der Waals surface area contributed by atoms with Gasteiger partial charge in [-0.3, -0.25) is 0 Å². The zero-order valence-electron chi connectivity index (χ0n) is 12.6. The predicted octanol–water partition coefficient (Wildman–Crippen LogP) is 2.05. The molecule has 1 aliphatic rings. The maximum atomic E-state index is 12.5. The Kier molecular flexibility index (Phi) is 4.91. The van der Waals surface area contributed by atoms with Crippen LogP contribution in [0, 0.1) is 5.41 Å². The van der Waals surface area contributed by atoms with Gasteiger partial charge in [0.2, 0.25) is 10.0 Å². The summed E-state index contributed by atoms with van der Waals surface area (Å²) < 4.78 is 32.8. The Morgan fingerprint density at radius 3 is 2.57 bits per heavy atom. The van der Waals surface area contributed by atoms with Gasteiger partial charge in [-0.1, -0.05) is 19.4 Å². The Morgan fingerprint density at radius 1 is 1.38 bits per heavy atom. The first kappa shape index (κ1) is 16.3. The molecule has 21 heavy (non-hydrogen) atoms. The molecule has 0 heterocycles. The van der Waals surface area contributed by atoms with Crippen molar-refractivity contribution >= 4 is 10.0 Å². The van der Waals surface area contributed by atoms with Crippen LogP contribution in [0.5, 0.6) is 5.75 Å². The van der Waals surface area contributed by atoms with Crippen LogP contribution >= 0.6 is 0 Å². The highest BCUT2D eigenvalue weighted by Gasteiger charge is 2.36. The number of rotatable bonds is 7. The summed E-state index contributed by atoms with van der Waals surface area (Å²) in [5.41, 5.74) is 0.737. The first-order valence-electron chi connectivity index (χ1n) is 7.24. The summed E-state index contributed by atoms with van der Waals surface area (Å²) in [7, 11) is -2.18. The van der Waals surface area contributed by atoms with Crippen molar-refractivity contribution < 1.29 is 18.3 Å². The van der Waals surface area contributed by atoms with E-state index in [9.17, 15) is 8.42 Å². The lowest BCUT2D eigenvalue weighted by Gasteiger charge is -2.41. The van der Waals surface area contributed by atoms with Crippen LogP contribution < -0.4 is 9.46 Å². The number of methoxy groups -OCH3 is 1. The standard InChI is InChI=1S/C15H23NO4S/c1-3-15(7-4-8-15)11-16-21(18,19)14-6-5-12(10-17)9-13(14)20-2/h5-6,9,16-17H,3-4,7-8,10-11H2,1-2H3. The molecule has 2 N–H and O–H groups in total. The van der Waals surface area contributed by atoms with Crippen LogP contribution in [-0.2, 0) is 16.6 Å². The molecule has 0 bridgehead atoms. The molecule has 0 aliphatic heterocycles. The second-order valence-corrected chi connectivity index (χ2v) is 7.41. The van der Waals surface area contributed by atoms with Gasteiger partial charge in [0.05, 0.1) is 13.7 Å². The molecule has 6 heteroatoms. The van der Waals surface area contributed by atoms with Crippen molar-refractivity contribution in [3.8, 4) is 5.75 Å². The summed E-state index contributed by atoms with van der Waals surface area (Å²) >= 11 is 0. The monoisotopic (exact) mass is 313 g/mol. The summed E-state index contributed by atoms with van der Waals surface area (Å²) in [6, 6.07) is 4.62. The van der Waals surface area contributed by atoms with Gasteiger partial charge in [-0.2, -0.15) is 0 Å². The lowest BCUT2D eigenvalue weighted by atomic mass is 9.67. The van der Waals surface area contributed by atoms with Gasteiger partial charge in [0.1, 0.15) is 10.6 Å². The molecule has 0 atom stereocenters. The third kappa shape index (κ3) is 3.39. The number of hydrogen-bond acceptors (Lipinski definition) is 4. The van der Waals surface area contributed by atoms with Gasteiger partial charge in [0.25, 0.3) is 0 Å². The second kappa shape index (κ2) is 6.34. The number of benzene rings is 1. The molecular weight excluding hydrogens is 290 g/mol. The quantitative estimate of drug-likeness (QED) is 0.808. The molecule has 0 saturated heterocycles. The van der Waals surface area contributed by atoms with Crippen molar-refractivity contribution in [3.05, 3.63) is 23.8 Å². The van der Waals surface area contributed by atoms with Crippen LogP contribution in [0.15, 0.2) is 23.1 Å². The van der Waals surface area contributed by atoms with E-state index in [0.717, 1.165) is 19.3 Å². The van der Waals surface area contributed by atoms with Crippen LogP contribution in [0.4, 0.5) is 0 Å². The minimum Gasteiger partial charge on any atom is -0.495 e. The Balaban J connectivity index is 2.19. The van der Waals surface area contributed by atoms with Crippen LogP contribution in [-0.4, -0.2) is 27.2 Å². The molecule has 0 unspecified atom stereocenters. The Bertz CT molecular complexity index is 588. The number of sulfonamides is 1. The average Bonchev–Trinajstić information content (AvgIpc) is 2.45. The SMILES string of the molecule is CCC1(CNS(=O)(=O)c2ccc(CO)cc2OC)CCC1. The summed E-state index contributed by atoms with van der Waals surface area (Å²) in [5, 5.41) is 9.11.